The lowest BCUT2D eigenvalue weighted by Gasteiger charge is -2.18. The molecule has 8 nitrogen and oxygen atoms in total. The number of nitrogens with one attached hydrogen (secondary N) is 2. The van der Waals surface area contributed by atoms with Crippen molar-refractivity contribution in [2.24, 2.45) is 0 Å². The molecule has 9 heteroatoms. The number of carbonyl (C=O) groups is 1. The van der Waals surface area contributed by atoms with Crippen LogP contribution in [-0.2, 0) is 0 Å². The molecule has 3 aromatic rings. The first-order valence-electron chi connectivity index (χ1n) is 8.82. The zero-order valence-electron chi connectivity index (χ0n) is 15.9. The van der Waals surface area contributed by atoms with E-state index >= 15 is 0 Å². The monoisotopic (exact) mass is 413 g/mol. The number of thiazole rings is 1. The van der Waals surface area contributed by atoms with Crippen molar-refractivity contribution in [1.29, 1.82) is 0 Å². The van der Waals surface area contributed by atoms with E-state index in [2.05, 4.69) is 15.6 Å². The van der Waals surface area contributed by atoms with E-state index in [4.69, 9.17) is 18.9 Å². The molecule has 0 spiro atoms. The number of urea groups is 1. The van der Waals surface area contributed by atoms with E-state index in [0.717, 1.165) is 17.0 Å². The molecular formula is C20H19N3O5S. The lowest BCUT2D eigenvalue weighted by molar-refractivity contribution is 0.171. The Morgan fingerprint density at radius 2 is 1.79 bits per heavy atom. The van der Waals surface area contributed by atoms with Crippen molar-refractivity contribution in [1.82, 2.24) is 4.98 Å². The van der Waals surface area contributed by atoms with Gasteiger partial charge >= 0.3 is 6.03 Å². The van der Waals surface area contributed by atoms with E-state index in [0.29, 0.717) is 41.3 Å². The van der Waals surface area contributed by atoms with Gasteiger partial charge in [0.05, 0.1) is 19.9 Å². The minimum Gasteiger partial charge on any atom is -0.493 e. The molecule has 0 bridgehead atoms. The summed E-state index contributed by atoms with van der Waals surface area (Å²) in [5.74, 6) is 2.54. The molecule has 0 saturated carbocycles. The van der Waals surface area contributed by atoms with Gasteiger partial charge in [-0.2, -0.15) is 0 Å². The summed E-state index contributed by atoms with van der Waals surface area (Å²) in [5, 5.41) is 7.84. The van der Waals surface area contributed by atoms with Crippen LogP contribution in [0.4, 0.5) is 15.6 Å². The van der Waals surface area contributed by atoms with Gasteiger partial charge in [0, 0.05) is 22.7 Å². The standard InChI is InChI=1S/C20H19N3O5S/c1-25-15-6-4-13(10-17(15)26-2)21-19(24)23-20-22-14(11-29-20)12-3-5-16-18(9-12)28-8-7-27-16/h3-6,9-11H,7-8H2,1-2H3,(H2,21,22,23,24). The van der Waals surface area contributed by atoms with Crippen LogP contribution in [0.3, 0.4) is 0 Å². The Bertz CT molecular complexity index is 1040. The number of ether oxygens (including phenoxy) is 4. The van der Waals surface area contributed by atoms with Crippen molar-refractivity contribution in [2.45, 2.75) is 0 Å². The van der Waals surface area contributed by atoms with E-state index in [1.807, 2.05) is 23.6 Å². The van der Waals surface area contributed by atoms with Crippen LogP contribution < -0.4 is 29.6 Å². The normalized spacial score (nSPS) is 12.2. The molecule has 1 aromatic heterocycles. The Morgan fingerprint density at radius 3 is 2.59 bits per heavy atom. The number of hydrogen-bond acceptors (Lipinski definition) is 7. The van der Waals surface area contributed by atoms with Crippen molar-refractivity contribution >= 4 is 28.2 Å². The molecule has 150 valence electrons. The molecule has 0 radical (unpaired) electrons. The fourth-order valence-corrected chi connectivity index (χ4v) is 3.55. The topological polar surface area (TPSA) is 90.9 Å². The molecule has 0 atom stereocenters. The molecule has 1 aliphatic heterocycles. The zero-order chi connectivity index (χ0) is 20.2. The number of aromatic nitrogens is 1. The van der Waals surface area contributed by atoms with Gasteiger partial charge in [-0.15, -0.1) is 11.3 Å². The SMILES string of the molecule is COc1ccc(NC(=O)Nc2nc(-c3ccc4c(c3)OCCO4)cs2)cc1OC. The van der Waals surface area contributed by atoms with Crippen molar-refractivity contribution in [3.63, 3.8) is 0 Å². The zero-order valence-corrected chi connectivity index (χ0v) is 16.7. The van der Waals surface area contributed by atoms with Crippen molar-refractivity contribution in [3.05, 3.63) is 41.8 Å². The lowest BCUT2D eigenvalue weighted by atomic mass is 10.1. The predicted molar refractivity (Wildman–Crippen MR) is 111 cm³/mol. The summed E-state index contributed by atoms with van der Waals surface area (Å²) < 4.78 is 21.6. The molecule has 0 unspecified atom stereocenters. The number of amides is 2. The Balaban J connectivity index is 1.43. The highest BCUT2D eigenvalue weighted by molar-refractivity contribution is 7.14. The maximum Gasteiger partial charge on any atom is 0.325 e. The van der Waals surface area contributed by atoms with Crippen LogP contribution in [0.15, 0.2) is 41.8 Å². The molecule has 0 fully saturated rings. The van der Waals surface area contributed by atoms with Gasteiger partial charge < -0.3 is 24.3 Å². The van der Waals surface area contributed by atoms with Gasteiger partial charge in [0.15, 0.2) is 28.1 Å². The smallest absolute Gasteiger partial charge is 0.325 e. The maximum absolute atomic E-state index is 12.3. The number of methoxy groups -OCH3 is 2. The second kappa shape index (κ2) is 8.27. The van der Waals surface area contributed by atoms with E-state index in [1.54, 1.807) is 25.3 Å². The van der Waals surface area contributed by atoms with Crippen LogP contribution in [0, 0.1) is 0 Å². The van der Waals surface area contributed by atoms with Crippen LogP contribution in [0.25, 0.3) is 11.3 Å². The molecule has 4 rings (SSSR count). The third-order valence-electron chi connectivity index (χ3n) is 4.20. The van der Waals surface area contributed by atoms with Gasteiger partial charge in [-0.3, -0.25) is 5.32 Å². The van der Waals surface area contributed by atoms with Gasteiger partial charge in [0.25, 0.3) is 0 Å². The second-order valence-electron chi connectivity index (χ2n) is 6.05. The van der Waals surface area contributed by atoms with Crippen LogP contribution in [-0.4, -0.2) is 38.4 Å². The van der Waals surface area contributed by atoms with E-state index < -0.39 is 6.03 Å². The minimum atomic E-state index is -0.403. The Morgan fingerprint density at radius 1 is 1.00 bits per heavy atom. The molecule has 2 N–H and O–H groups in total. The number of carbonyl (C=O) groups excluding carboxylic acids is 1. The Labute approximate surface area is 171 Å². The number of rotatable bonds is 5. The number of anilines is 2. The Hall–Kier alpha value is -3.46. The molecule has 0 aliphatic carbocycles. The van der Waals surface area contributed by atoms with Crippen molar-refractivity contribution in [3.8, 4) is 34.3 Å². The van der Waals surface area contributed by atoms with Gasteiger partial charge in [-0.05, 0) is 30.3 Å². The van der Waals surface area contributed by atoms with E-state index in [1.165, 1.54) is 18.4 Å². The number of fused-ring (bicyclic) bond motifs is 1. The van der Waals surface area contributed by atoms with Crippen LogP contribution in [0.2, 0.25) is 0 Å². The van der Waals surface area contributed by atoms with Crippen molar-refractivity contribution in [2.75, 3.05) is 38.1 Å². The van der Waals surface area contributed by atoms with Crippen LogP contribution in [0.5, 0.6) is 23.0 Å². The van der Waals surface area contributed by atoms with Crippen molar-refractivity contribution < 1.29 is 23.7 Å². The molecular weight excluding hydrogens is 394 g/mol. The van der Waals surface area contributed by atoms with Crippen LogP contribution in [0.1, 0.15) is 0 Å². The van der Waals surface area contributed by atoms with Gasteiger partial charge in [0.2, 0.25) is 0 Å². The van der Waals surface area contributed by atoms with Crippen LogP contribution >= 0.6 is 11.3 Å². The number of benzene rings is 2. The number of hydrogen-bond donors (Lipinski definition) is 2. The van der Waals surface area contributed by atoms with E-state index in [9.17, 15) is 4.79 Å². The molecule has 2 aromatic carbocycles. The third-order valence-corrected chi connectivity index (χ3v) is 4.96. The summed E-state index contributed by atoms with van der Waals surface area (Å²) in [6.07, 6.45) is 0. The fourth-order valence-electron chi connectivity index (χ4n) is 2.84. The largest absolute Gasteiger partial charge is 0.493 e. The van der Waals surface area contributed by atoms with Gasteiger partial charge in [-0.1, -0.05) is 0 Å². The first-order valence-corrected chi connectivity index (χ1v) is 9.70. The van der Waals surface area contributed by atoms with E-state index in [-0.39, 0.29) is 0 Å². The Kier molecular flexibility index (Phi) is 5.39. The minimum absolute atomic E-state index is 0.403. The number of nitrogens with zero attached hydrogens (tertiary/aromatic N) is 1. The summed E-state index contributed by atoms with van der Waals surface area (Å²) in [7, 11) is 3.09. The summed E-state index contributed by atoms with van der Waals surface area (Å²) in [6, 6.07) is 10.4. The highest BCUT2D eigenvalue weighted by atomic mass is 32.1. The summed E-state index contributed by atoms with van der Waals surface area (Å²) in [4.78, 5) is 16.8. The van der Waals surface area contributed by atoms with Gasteiger partial charge in [0.1, 0.15) is 13.2 Å². The maximum atomic E-state index is 12.3. The fraction of sp³-hybridized carbons (Fsp3) is 0.200. The summed E-state index contributed by atoms with van der Waals surface area (Å²) >= 11 is 1.33. The molecule has 2 heterocycles. The highest BCUT2D eigenvalue weighted by Gasteiger charge is 2.15. The summed E-state index contributed by atoms with van der Waals surface area (Å²) in [6.45, 7) is 1.07. The quantitative estimate of drug-likeness (QED) is 0.650. The molecule has 1 aliphatic rings. The second-order valence-corrected chi connectivity index (χ2v) is 6.90. The highest BCUT2D eigenvalue weighted by Crippen LogP contribution is 2.35. The molecule has 0 saturated heterocycles. The predicted octanol–water partition coefficient (Wildman–Crippen LogP) is 4.24. The summed E-state index contributed by atoms with van der Waals surface area (Å²) in [5.41, 5.74) is 2.20. The average molecular weight is 413 g/mol. The van der Waals surface area contributed by atoms with Gasteiger partial charge in [-0.25, -0.2) is 9.78 Å². The first-order chi connectivity index (χ1) is 14.2. The third kappa shape index (κ3) is 4.19. The lowest BCUT2D eigenvalue weighted by Crippen LogP contribution is -2.19. The first kappa shape index (κ1) is 18.9. The molecule has 2 amide bonds. The average Bonchev–Trinajstić information content (AvgIpc) is 3.21. The molecule has 29 heavy (non-hydrogen) atoms.